The van der Waals surface area contributed by atoms with Gasteiger partial charge in [-0.1, -0.05) is 11.2 Å². The molecule has 1 aliphatic heterocycles. The van der Waals surface area contributed by atoms with Crippen molar-refractivity contribution < 1.29 is 14.4 Å². The maximum atomic E-state index is 12.2. The minimum Gasteiger partial charge on any atom is -0.398 e. The molecule has 1 saturated heterocycles. The van der Waals surface area contributed by atoms with Gasteiger partial charge in [-0.15, -0.1) is 17.9 Å². The van der Waals surface area contributed by atoms with Crippen LogP contribution in [0.2, 0.25) is 0 Å². The highest BCUT2D eigenvalue weighted by atomic mass is 32.1. The zero-order valence-corrected chi connectivity index (χ0v) is 12.2. The number of hydrogen-bond acceptors (Lipinski definition) is 7. The van der Waals surface area contributed by atoms with Crippen LogP contribution in [0.15, 0.2) is 23.2 Å². The van der Waals surface area contributed by atoms with Gasteiger partial charge in [-0.2, -0.15) is 0 Å². The van der Waals surface area contributed by atoms with Crippen molar-refractivity contribution in [2.75, 3.05) is 25.9 Å². The lowest BCUT2D eigenvalue weighted by molar-refractivity contribution is -0.144. The van der Waals surface area contributed by atoms with Crippen LogP contribution in [0.5, 0.6) is 0 Å². The van der Waals surface area contributed by atoms with Crippen LogP contribution in [0.1, 0.15) is 5.69 Å². The fraction of sp³-hybridized carbons (Fsp3) is 0.333. The number of thiazole rings is 1. The molecule has 0 aromatic carbocycles. The standard InChI is InChI=1S/C12H15N5O3S/c1-3-4-17-5-7(11(17)19)14-10(18)9(16-20-2)8-6-21-12(13)15-8/h3,6-7H,1,4-5H2,2H3,(H2,13,15)(H,14,18)/b16-9-. The highest BCUT2D eigenvalue weighted by Gasteiger charge is 2.37. The van der Waals surface area contributed by atoms with Crippen LogP contribution in [0.25, 0.3) is 0 Å². The van der Waals surface area contributed by atoms with Crippen molar-refractivity contribution in [3.05, 3.63) is 23.7 Å². The van der Waals surface area contributed by atoms with Gasteiger partial charge in [-0.25, -0.2) is 4.98 Å². The summed E-state index contributed by atoms with van der Waals surface area (Å²) in [5.41, 5.74) is 5.83. The van der Waals surface area contributed by atoms with Crippen LogP contribution >= 0.6 is 11.3 Å². The highest BCUT2D eigenvalue weighted by molar-refractivity contribution is 7.13. The van der Waals surface area contributed by atoms with Crippen LogP contribution in [0, 0.1) is 0 Å². The topological polar surface area (TPSA) is 110 Å². The summed E-state index contributed by atoms with van der Waals surface area (Å²) in [7, 11) is 1.32. The summed E-state index contributed by atoms with van der Waals surface area (Å²) < 4.78 is 0. The fourth-order valence-electron chi connectivity index (χ4n) is 1.84. The molecular weight excluding hydrogens is 294 g/mol. The third-order valence-electron chi connectivity index (χ3n) is 2.83. The number of nitrogen functional groups attached to an aromatic ring is 1. The molecule has 1 aromatic rings. The van der Waals surface area contributed by atoms with Gasteiger partial charge in [-0.05, 0) is 0 Å². The number of anilines is 1. The number of nitrogens with one attached hydrogen (secondary N) is 1. The molecule has 0 spiro atoms. The van der Waals surface area contributed by atoms with Crippen molar-refractivity contribution in [1.29, 1.82) is 0 Å². The van der Waals surface area contributed by atoms with Crippen LogP contribution < -0.4 is 11.1 Å². The van der Waals surface area contributed by atoms with Crippen LogP contribution in [-0.4, -0.2) is 53.7 Å². The third-order valence-corrected chi connectivity index (χ3v) is 3.50. The van der Waals surface area contributed by atoms with E-state index < -0.39 is 11.9 Å². The SMILES string of the molecule is C=CCN1CC(NC(=O)/C(=N\OC)c2csc(N)n2)C1=O. The second-order valence-electron chi connectivity index (χ2n) is 4.25. The van der Waals surface area contributed by atoms with Crippen LogP contribution in [0.4, 0.5) is 5.13 Å². The largest absolute Gasteiger partial charge is 0.398 e. The van der Waals surface area contributed by atoms with Gasteiger partial charge in [-0.3, -0.25) is 9.59 Å². The van der Waals surface area contributed by atoms with Crippen molar-refractivity contribution in [3.8, 4) is 0 Å². The van der Waals surface area contributed by atoms with E-state index in [4.69, 9.17) is 5.73 Å². The monoisotopic (exact) mass is 309 g/mol. The van der Waals surface area contributed by atoms with E-state index in [1.807, 2.05) is 0 Å². The smallest absolute Gasteiger partial charge is 0.276 e. The summed E-state index contributed by atoms with van der Waals surface area (Å²) >= 11 is 1.19. The first-order valence-electron chi connectivity index (χ1n) is 6.10. The van der Waals surface area contributed by atoms with E-state index in [0.717, 1.165) is 0 Å². The maximum Gasteiger partial charge on any atom is 0.276 e. The number of nitrogens with zero attached hydrogens (tertiary/aromatic N) is 3. The Morgan fingerprint density at radius 2 is 2.57 bits per heavy atom. The Hall–Kier alpha value is -2.42. The number of nitrogens with two attached hydrogens (primary N) is 1. The van der Waals surface area contributed by atoms with Crippen LogP contribution in [0.3, 0.4) is 0 Å². The first kappa shape index (κ1) is 15.0. The first-order valence-corrected chi connectivity index (χ1v) is 6.97. The summed E-state index contributed by atoms with van der Waals surface area (Å²) in [6.45, 7) is 4.47. The minimum atomic E-state index is -0.560. The first-order chi connectivity index (χ1) is 10.1. The van der Waals surface area contributed by atoms with Crippen molar-refractivity contribution in [2.45, 2.75) is 6.04 Å². The lowest BCUT2D eigenvalue weighted by Gasteiger charge is -2.37. The number of aromatic nitrogens is 1. The number of amides is 2. The van der Waals surface area contributed by atoms with Gasteiger partial charge in [0.2, 0.25) is 5.91 Å². The zero-order valence-electron chi connectivity index (χ0n) is 11.4. The molecule has 1 atom stereocenters. The predicted molar refractivity (Wildman–Crippen MR) is 78.8 cm³/mol. The van der Waals surface area contributed by atoms with E-state index in [-0.39, 0.29) is 11.6 Å². The Morgan fingerprint density at radius 3 is 3.10 bits per heavy atom. The number of carbonyl (C=O) groups is 2. The Bertz CT molecular complexity index is 597. The number of likely N-dealkylation sites (tertiary alicyclic amines) is 1. The molecule has 0 radical (unpaired) electrons. The maximum absolute atomic E-state index is 12.2. The van der Waals surface area contributed by atoms with E-state index in [1.165, 1.54) is 18.4 Å². The quantitative estimate of drug-likeness (QED) is 0.321. The van der Waals surface area contributed by atoms with Crippen molar-refractivity contribution >= 4 is 34.0 Å². The van der Waals surface area contributed by atoms with E-state index in [1.54, 1.807) is 16.4 Å². The number of β-lactam (4-membered cyclic amide) rings is 1. The molecular formula is C12H15N5O3S. The van der Waals surface area contributed by atoms with Crippen molar-refractivity contribution in [1.82, 2.24) is 15.2 Å². The lowest BCUT2D eigenvalue weighted by Crippen LogP contribution is -2.64. The average Bonchev–Trinajstić information content (AvgIpc) is 2.89. The predicted octanol–water partition coefficient (Wildman–Crippen LogP) is -0.411. The molecule has 2 rings (SSSR count). The molecule has 8 nitrogen and oxygen atoms in total. The lowest BCUT2D eigenvalue weighted by atomic mass is 10.1. The molecule has 2 amide bonds. The van der Waals surface area contributed by atoms with Crippen LogP contribution in [-0.2, 0) is 14.4 Å². The normalized spacial score (nSPS) is 18.1. The van der Waals surface area contributed by atoms with Crippen molar-refractivity contribution in [2.24, 2.45) is 5.16 Å². The molecule has 9 heteroatoms. The van der Waals surface area contributed by atoms with E-state index >= 15 is 0 Å². The van der Waals surface area contributed by atoms with E-state index in [9.17, 15) is 9.59 Å². The Labute approximate surface area is 125 Å². The molecule has 0 aliphatic carbocycles. The van der Waals surface area contributed by atoms with Gasteiger partial charge >= 0.3 is 0 Å². The summed E-state index contributed by atoms with van der Waals surface area (Å²) in [6.07, 6.45) is 1.63. The second-order valence-corrected chi connectivity index (χ2v) is 5.14. The number of rotatable bonds is 6. The number of hydrogen-bond donors (Lipinski definition) is 2. The molecule has 2 heterocycles. The molecule has 3 N–H and O–H groups in total. The second kappa shape index (κ2) is 6.35. The highest BCUT2D eigenvalue weighted by Crippen LogP contribution is 2.14. The summed E-state index contributed by atoms with van der Waals surface area (Å²) in [5.74, 6) is -0.684. The Kier molecular flexibility index (Phi) is 4.53. The molecule has 1 aliphatic rings. The van der Waals surface area contributed by atoms with Gasteiger partial charge in [0.1, 0.15) is 18.8 Å². The third kappa shape index (κ3) is 3.19. The Morgan fingerprint density at radius 1 is 1.81 bits per heavy atom. The van der Waals surface area contributed by atoms with Gasteiger partial charge < -0.3 is 20.8 Å². The zero-order chi connectivity index (χ0) is 15.4. The molecule has 0 saturated carbocycles. The minimum absolute atomic E-state index is 0.0135. The molecule has 1 aromatic heterocycles. The molecule has 1 unspecified atom stereocenters. The van der Waals surface area contributed by atoms with Crippen molar-refractivity contribution in [3.63, 3.8) is 0 Å². The molecule has 0 bridgehead atoms. The van der Waals surface area contributed by atoms with Gasteiger partial charge in [0, 0.05) is 11.9 Å². The summed E-state index contributed by atoms with van der Waals surface area (Å²) in [6, 6.07) is -0.560. The van der Waals surface area contributed by atoms with Gasteiger partial charge in [0.25, 0.3) is 5.91 Å². The van der Waals surface area contributed by atoms with E-state index in [0.29, 0.717) is 23.9 Å². The average molecular weight is 309 g/mol. The summed E-state index contributed by atoms with van der Waals surface area (Å²) in [5, 5.41) is 8.16. The molecule has 21 heavy (non-hydrogen) atoms. The fourth-order valence-corrected chi connectivity index (χ4v) is 2.39. The molecule has 1 fully saturated rings. The van der Waals surface area contributed by atoms with Gasteiger partial charge in [0.05, 0.1) is 6.54 Å². The Balaban J connectivity index is 2.03. The summed E-state index contributed by atoms with van der Waals surface area (Å²) in [4.78, 5) is 34.1. The number of oxime groups is 1. The van der Waals surface area contributed by atoms with E-state index in [2.05, 4.69) is 26.9 Å². The number of carbonyl (C=O) groups excluding carboxylic acids is 2. The molecule has 112 valence electrons. The van der Waals surface area contributed by atoms with Gasteiger partial charge in [0.15, 0.2) is 10.8 Å².